The van der Waals surface area contributed by atoms with E-state index in [0.717, 1.165) is 31.2 Å². The molecule has 0 aliphatic rings. The van der Waals surface area contributed by atoms with Crippen LogP contribution in [0.4, 0.5) is 5.82 Å². The van der Waals surface area contributed by atoms with Crippen molar-refractivity contribution in [2.75, 3.05) is 18.8 Å². The predicted octanol–water partition coefficient (Wildman–Crippen LogP) is 2.53. The number of hydrogen-bond acceptors (Lipinski definition) is 3. The van der Waals surface area contributed by atoms with Crippen molar-refractivity contribution in [1.82, 2.24) is 9.88 Å². The van der Waals surface area contributed by atoms with Crippen molar-refractivity contribution < 1.29 is 0 Å². The fraction of sp³-hybridized carbons (Fsp3) is 0.615. The first kappa shape index (κ1) is 13.0. The fourth-order valence-corrected chi connectivity index (χ4v) is 1.69. The third kappa shape index (κ3) is 4.19. The average Bonchev–Trinajstić information content (AvgIpc) is 2.28. The molecule has 0 saturated heterocycles. The van der Waals surface area contributed by atoms with Crippen LogP contribution < -0.4 is 5.73 Å². The van der Waals surface area contributed by atoms with E-state index in [0.29, 0.717) is 5.82 Å². The van der Waals surface area contributed by atoms with Gasteiger partial charge in [-0.15, -0.1) is 0 Å². The lowest BCUT2D eigenvalue weighted by Crippen LogP contribution is -2.28. The Morgan fingerprint density at radius 3 is 2.69 bits per heavy atom. The Labute approximate surface area is 98.7 Å². The Morgan fingerprint density at radius 2 is 2.12 bits per heavy atom. The topological polar surface area (TPSA) is 42.1 Å². The van der Waals surface area contributed by atoms with E-state index in [9.17, 15) is 0 Å². The van der Waals surface area contributed by atoms with E-state index in [1.54, 1.807) is 0 Å². The monoisotopic (exact) mass is 221 g/mol. The summed E-state index contributed by atoms with van der Waals surface area (Å²) in [5, 5.41) is 0. The molecule has 1 aromatic heterocycles. The molecule has 1 rings (SSSR count). The van der Waals surface area contributed by atoms with Gasteiger partial charge in [0.25, 0.3) is 0 Å². The van der Waals surface area contributed by atoms with Gasteiger partial charge < -0.3 is 5.73 Å². The minimum absolute atomic E-state index is 0.608. The zero-order valence-corrected chi connectivity index (χ0v) is 10.6. The van der Waals surface area contributed by atoms with Crippen molar-refractivity contribution >= 4 is 5.82 Å². The van der Waals surface area contributed by atoms with Crippen molar-refractivity contribution in [2.45, 2.75) is 33.7 Å². The van der Waals surface area contributed by atoms with Gasteiger partial charge in [0.1, 0.15) is 5.82 Å². The minimum Gasteiger partial charge on any atom is -0.384 e. The van der Waals surface area contributed by atoms with Gasteiger partial charge in [0, 0.05) is 13.1 Å². The maximum atomic E-state index is 5.67. The van der Waals surface area contributed by atoms with Crippen LogP contribution >= 0.6 is 0 Å². The number of nitrogen functional groups attached to an aromatic ring is 1. The molecule has 1 atom stereocenters. The first-order valence-corrected chi connectivity index (χ1v) is 6.09. The number of hydrogen-bond donors (Lipinski definition) is 1. The van der Waals surface area contributed by atoms with Gasteiger partial charge in [0.05, 0.1) is 5.69 Å². The molecule has 3 heteroatoms. The lowest BCUT2D eigenvalue weighted by atomic mass is 10.1. The van der Waals surface area contributed by atoms with Gasteiger partial charge in [-0.3, -0.25) is 4.90 Å². The van der Waals surface area contributed by atoms with Crippen molar-refractivity contribution in [1.29, 1.82) is 0 Å². The molecule has 1 aromatic rings. The quantitative estimate of drug-likeness (QED) is 0.802. The molecule has 1 unspecified atom stereocenters. The summed E-state index contributed by atoms with van der Waals surface area (Å²) >= 11 is 0. The molecule has 1 heterocycles. The van der Waals surface area contributed by atoms with Crippen LogP contribution in [0.25, 0.3) is 0 Å². The Bertz CT molecular complexity index is 312. The van der Waals surface area contributed by atoms with E-state index in [4.69, 9.17) is 5.73 Å². The van der Waals surface area contributed by atoms with Gasteiger partial charge in [0.15, 0.2) is 0 Å². The van der Waals surface area contributed by atoms with Crippen molar-refractivity contribution in [2.24, 2.45) is 5.92 Å². The number of anilines is 1. The number of rotatable bonds is 6. The van der Waals surface area contributed by atoms with E-state index < -0.39 is 0 Å². The van der Waals surface area contributed by atoms with E-state index >= 15 is 0 Å². The van der Waals surface area contributed by atoms with Crippen LogP contribution in [-0.4, -0.2) is 23.0 Å². The SMILES string of the molecule is CCC(C)CN(CC)Cc1cccc(N)n1. The lowest BCUT2D eigenvalue weighted by Gasteiger charge is -2.23. The summed E-state index contributed by atoms with van der Waals surface area (Å²) in [4.78, 5) is 6.74. The molecular weight excluding hydrogens is 198 g/mol. The molecule has 16 heavy (non-hydrogen) atoms. The van der Waals surface area contributed by atoms with Crippen LogP contribution in [0.15, 0.2) is 18.2 Å². The molecule has 90 valence electrons. The van der Waals surface area contributed by atoms with Gasteiger partial charge in [-0.05, 0) is 24.6 Å². The molecule has 0 aliphatic heterocycles. The highest BCUT2D eigenvalue weighted by Gasteiger charge is 2.08. The Balaban J connectivity index is 2.56. The van der Waals surface area contributed by atoms with E-state index in [2.05, 4.69) is 30.7 Å². The largest absolute Gasteiger partial charge is 0.384 e. The summed E-state index contributed by atoms with van der Waals surface area (Å²) in [5.74, 6) is 1.35. The second-order valence-electron chi connectivity index (χ2n) is 4.39. The minimum atomic E-state index is 0.608. The maximum absolute atomic E-state index is 5.67. The average molecular weight is 221 g/mol. The molecule has 0 aliphatic carbocycles. The summed E-state index contributed by atoms with van der Waals surface area (Å²) in [6, 6.07) is 5.83. The molecule has 0 saturated carbocycles. The third-order valence-corrected chi connectivity index (χ3v) is 2.93. The number of aromatic nitrogens is 1. The highest BCUT2D eigenvalue weighted by molar-refractivity contribution is 5.28. The van der Waals surface area contributed by atoms with Gasteiger partial charge in [-0.1, -0.05) is 33.3 Å². The Morgan fingerprint density at radius 1 is 1.38 bits per heavy atom. The van der Waals surface area contributed by atoms with Crippen LogP contribution in [0.2, 0.25) is 0 Å². The van der Waals surface area contributed by atoms with Crippen LogP contribution in [-0.2, 0) is 6.54 Å². The zero-order chi connectivity index (χ0) is 12.0. The summed E-state index contributed by atoms with van der Waals surface area (Å²) < 4.78 is 0. The number of nitrogens with zero attached hydrogens (tertiary/aromatic N) is 2. The van der Waals surface area contributed by atoms with E-state index in [-0.39, 0.29) is 0 Å². The van der Waals surface area contributed by atoms with E-state index in [1.165, 1.54) is 6.42 Å². The highest BCUT2D eigenvalue weighted by atomic mass is 15.1. The van der Waals surface area contributed by atoms with Crippen LogP contribution in [0, 0.1) is 5.92 Å². The molecule has 3 nitrogen and oxygen atoms in total. The highest BCUT2D eigenvalue weighted by Crippen LogP contribution is 2.09. The van der Waals surface area contributed by atoms with Crippen LogP contribution in [0.5, 0.6) is 0 Å². The van der Waals surface area contributed by atoms with Gasteiger partial charge in [-0.25, -0.2) is 4.98 Å². The summed E-state index contributed by atoms with van der Waals surface area (Å²) in [6.45, 7) is 9.79. The fourth-order valence-electron chi connectivity index (χ4n) is 1.69. The molecule has 2 N–H and O–H groups in total. The molecule has 0 amide bonds. The first-order chi connectivity index (χ1) is 7.65. The van der Waals surface area contributed by atoms with Crippen molar-refractivity contribution in [3.63, 3.8) is 0 Å². The first-order valence-electron chi connectivity index (χ1n) is 6.09. The number of pyridine rings is 1. The Kier molecular flexibility index (Phi) is 5.26. The van der Waals surface area contributed by atoms with Crippen LogP contribution in [0.3, 0.4) is 0 Å². The normalized spacial score (nSPS) is 13.0. The van der Waals surface area contributed by atoms with Crippen molar-refractivity contribution in [3.8, 4) is 0 Å². The van der Waals surface area contributed by atoms with E-state index in [1.807, 2.05) is 18.2 Å². The smallest absolute Gasteiger partial charge is 0.123 e. The molecule has 0 spiro atoms. The Hall–Kier alpha value is -1.09. The summed E-state index contributed by atoms with van der Waals surface area (Å²) in [7, 11) is 0. The molecule has 0 bridgehead atoms. The van der Waals surface area contributed by atoms with Gasteiger partial charge in [-0.2, -0.15) is 0 Å². The standard InChI is InChI=1S/C13H23N3/c1-4-11(3)9-16(5-2)10-12-7-6-8-13(14)15-12/h6-8,11H,4-5,9-10H2,1-3H3,(H2,14,15). The molecule has 0 radical (unpaired) electrons. The zero-order valence-electron chi connectivity index (χ0n) is 10.6. The maximum Gasteiger partial charge on any atom is 0.123 e. The lowest BCUT2D eigenvalue weighted by molar-refractivity contribution is 0.235. The van der Waals surface area contributed by atoms with Gasteiger partial charge in [0.2, 0.25) is 0 Å². The van der Waals surface area contributed by atoms with Gasteiger partial charge >= 0.3 is 0 Å². The van der Waals surface area contributed by atoms with Crippen LogP contribution in [0.1, 0.15) is 32.9 Å². The summed E-state index contributed by atoms with van der Waals surface area (Å²) in [6.07, 6.45) is 1.22. The molecule has 0 fully saturated rings. The second-order valence-corrected chi connectivity index (χ2v) is 4.39. The molecular formula is C13H23N3. The third-order valence-electron chi connectivity index (χ3n) is 2.93. The molecule has 0 aromatic carbocycles. The summed E-state index contributed by atoms with van der Waals surface area (Å²) in [5.41, 5.74) is 6.73. The predicted molar refractivity (Wildman–Crippen MR) is 69.1 cm³/mol. The second kappa shape index (κ2) is 6.48. The van der Waals surface area contributed by atoms with Crippen molar-refractivity contribution in [3.05, 3.63) is 23.9 Å². The number of nitrogens with two attached hydrogens (primary N) is 1.